The van der Waals surface area contributed by atoms with Crippen LogP contribution in [0, 0.1) is 0 Å². The summed E-state index contributed by atoms with van der Waals surface area (Å²) in [6.45, 7) is 6.02. The second-order valence-corrected chi connectivity index (χ2v) is 7.61. The average molecular weight is 279 g/mol. The van der Waals surface area contributed by atoms with Gasteiger partial charge in [0.05, 0.1) is 23.7 Å². The molecule has 0 aromatic rings. The van der Waals surface area contributed by atoms with Crippen molar-refractivity contribution < 1.29 is 17.9 Å². The number of ether oxygens (including phenoxy) is 2. The molecule has 0 aromatic heterocycles. The van der Waals surface area contributed by atoms with Crippen molar-refractivity contribution in [2.45, 2.75) is 38.3 Å². The van der Waals surface area contributed by atoms with Crippen LogP contribution >= 0.6 is 0 Å². The molecule has 1 aliphatic rings. The number of sulfone groups is 1. The van der Waals surface area contributed by atoms with Crippen molar-refractivity contribution in [3.63, 3.8) is 0 Å². The largest absolute Gasteiger partial charge is 0.380 e. The Morgan fingerprint density at radius 1 is 1.33 bits per heavy atom. The fourth-order valence-electron chi connectivity index (χ4n) is 1.81. The third-order valence-electron chi connectivity index (χ3n) is 3.31. The fraction of sp³-hybridized carbons (Fsp3) is 1.00. The molecule has 6 heteroatoms. The minimum Gasteiger partial charge on any atom is -0.380 e. The Kier molecular flexibility index (Phi) is 6.04. The maximum absolute atomic E-state index is 11.2. The normalized spacial score (nSPS) is 23.4. The molecule has 1 aliphatic heterocycles. The van der Waals surface area contributed by atoms with Crippen LogP contribution in [0.2, 0.25) is 0 Å². The highest BCUT2D eigenvalue weighted by atomic mass is 32.2. The van der Waals surface area contributed by atoms with Crippen molar-refractivity contribution in [3.05, 3.63) is 0 Å². The molecule has 1 N–H and O–H groups in total. The van der Waals surface area contributed by atoms with Gasteiger partial charge in [0.1, 0.15) is 0 Å². The van der Waals surface area contributed by atoms with Crippen molar-refractivity contribution in [2.75, 3.05) is 38.4 Å². The predicted molar refractivity (Wildman–Crippen MR) is 71.6 cm³/mol. The van der Waals surface area contributed by atoms with Gasteiger partial charge in [-0.05, 0) is 26.7 Å². The summed E-state index contributed by atoms with van der Waals surface area (Å²) >= 11 is 0. The van der Waals surface area contributed by atoms with Gasteiger partial charge in [-0.1, -0.05) is 0 Å². The van der Waals surface area contributed by atoms with Gasteiger partial charge in [0, 0.05) is 26.3 Å². The van der Waals surface area contributed by atoms with Gasteiger partial charge in [-0.2, -0.15) is 0 Å². The van der Waals surface area contributed by atoms with Gasteiger partial charge in [0.2, 0.25) is 0 Å². The molecule has 5 nitrogen and oxygen atoms in total. The lowest BCUT2D eigenvalue weighted by atomic mass is 10.1. The molecular formula is C12H25NO4S. The first-order chi connectivity index (χ1) is 8.35. The number of hydrogen-bond acceptors (Lipinski definition) is 5. The first-order valence-electron chi connectivity index (χ1n) is 6.41. The maximum atomic E-state index is 11.2. The van der Waals surface area contributed by atoms with E-state index in [2.05, 4.69) is 5.32 Å². The third-order valence-corrected chi connectivity index (χ3v) is 5.08. The van der Waals surface area contributed by atoms with Crippen LogP contribution in [0.15, 0.2) is 0 Å². The molecule has 0 spiro atoms. The molecule has 0 amide bonds. The molecule has 0 aliphatic carbocycles. The molecule has 0 saturated carbocycles. The van der Waals surface area contributed by atoms with Crippen molar-refractivity contribution >= 4 is 9.84 Å². The van der Waals surface area contributed by atoms with E-state index in [1.54, 1.807) is 7.11 Å². The Bertz CT molecular complexity index is 340. The number of rotatable bonds is 8. The summed E-state index contributed by atoms with van der Waals surface area (Å²) in [6, 6.07) is 0.106. The molecule has 0 bridgehead atoms. The molecule has 1 unspecified atom stereocenters. The van der Waals surface area contributed by atoms with Gasteiger partial charge in [-0.3, -0.25) is 0 Å². The highest BCUT2D eigenvalue weighted by molar-refractivity contribution is 7.91. The Labute approximate surface area is 110 Å². The van der Waals surface area contributed by atoms with E-state index in [1.807, 2.05) is 13.8 Å². The van der Waals surface area contributed by atoms with E-state index in [0.29, 0.717) is 25.5 Å². The first kappa shape index (κ1) is 15.9. The minimum atomic E-state index is -2.79. The third kappa shape index (κ3) is 6.13. The standard InChI is InChI=1S/C12H25NO4S/c1-12(2,16-3)5-7-17-8-6-13-11-4-9-18(14,15)10-11/h11,13H,4-10H2,1-3H3. The van der Waals surface area contributed by atoms with Gasteiger partial charge in [-0.25, -0.2) is 8.42 Å². The molecule has 108 valence electrons. The van der Waals surface area contributed by atoms with Gasteiger partial charge < -0.3 is 14.8 Å². The molecule has 0 aromatic carbocycles. The quantitative estimate of drug-likeness (QED) is 0.659. The summed E-state index contributed by atoms with van der Waals surface area (Å²) < 4.78 is 33.2. The highest BCUT2D eigenvalue weighted by Crippen LogP contribution is 2.12. The zero-order valence-electron chi connectivity index (χ0n) is 11.6. The molecular weight excluding hydrogens is 254 g/mol. The van der Waals surface area contributed by atoms with E-state index in [4.69, 9.17) is 9.47 Å². The molecule has 1 atom stereocenters. The second kappa shape index (κ2) is 6.84. The van der Waals surface area contributed by atoms with E-state index >= 15 is 0 Å². The molecule has 1 rings (SSSR count). The molecule has 18 heavy (non-hydrogen) atoms. The predicted octanol–water partition coefficient (Wildman–Crippen LogP) is 0.595. The van der Waals surface area contributed by atoms with Gasteiger partial charge in [-0.15, -0.1) is 0 Å². The lowest BCUT2D eigenvalue weighted by Crippen LogP contribution is -2.33. The summed E-state index contributed by atoms with van der Waals surface area (Å²) in [7, 11) is -1.09. The van der Waals surface area contributed by atoms with Crippen LogP contribution in [0.4, 0.5) is 0 Å². The van der Waals surface area contributed by atoms with Crippen LogP contribution in [0.5, 0.6) is 0 Å². The van der Waals surface area contributed by atoms with Crippen molar-refractivity contribution in [2.24, 2.45) is 0 Å². The SMILES string of the molecule is COC(C)(C)CCOCCNC1CCS(=O)(=O)C1. The zero-order chi connectivity index (χ0) is 13.6. The molecule has 1 heterocycles. The van der Waals surface area contributed by atoms with E-state index in [1.165, 1.54) is 0 Å². The van der Waals surface area contributed by atoms with Crippen LogP contribution in [0.3, 0.4) is 0 Å². The van der Waals surface area contributed by atoms with Crippen molar-refractivity contribution in [1.82, 2.24) is 5.32 Å². The van der Waals surface area contributed by atoms with Crippen LogP contribution in [0.1, 0.15) is 26.7 Å². The number of hydrogen-bond donors (Lipinski definition) is 1. The van der Waals surface area contributed by atoms with Crippen LogP contribution in [-0.4, -0.2) is 58.4 Å². The molecule has 0 radical (unpaired) electrons. The summed E-state index contributed by atoms with van der Waals surface area (Å²) in [4.78, 5) is 0. The van der Waals surface area contributed by atoms with E-state index in [0.717, 1.165) is 12.8 Å². The lowest BCUT2D eigenvalue weighted by molar-refractivity contribution is -0.00947. The van der Waals surface area contributed by atoms with Crippen molar-refractivity contribution in [3.8, 4) is 0 Å². The van der Waals surface area contributed by atoms with E-state index < -0.39 is 9.84 Å². The van der Waals surface area contributed by atoms with Crippen LogP contribution < -0.4 is 5.32 Å². The van der Waals surface area contributed by atoms with Crippen LogP contribution in [-0.2, 0) is 19.3 Å². The summed E-state index contributed by atoms with van der Waals surface area (Å²) in [5.41, 5.74) is -0.146. The van der Waals surface area contributed by atoms with E-state index in [-0.39, 0.29) is 17.4 Å². The van der Waals surface area contributed by atoms with Gasteiger partial charge in [0.25, 0.3) is 0 Å². The second-order valence-electron chi connectivity index (χ2n) is 5.38. The Morgan fingerprint density at radius 2 is 2.06 bits per heavy atom. The highest BCUT2D eigenvalue weighted by Gasteiger charge is 2.27. The molecule has 1 saturated heterocycles. The Hall–Kier alpha value is -0.170. The Morgan fingerprint density at radius 3 is 2.61 bits per heavy atom. The zero-order valence-corrected chi connectivity index (χ0v) is 12.4. The number of methoxy groups -OCH3 is 1. The smallest absolute Gasteiger partial charge is 0.151 e. The monoisotopic (exact) mass is 279 g/mol. The summed E-state index contributed by atoms with van der Waals surface area (Å²) in [6.07, 6.45) is 1.57. The topological polar surface area (TPSA) is 64.6 Å². The van der Waals surface area contributed by atoms with Crippen molar-refractivity contribution in [1.29, 1.82) is 0 Å². The van der Waals surface area contributed by atoms with E-state index in [9.17, 15) is 8.42 Å². The maximum Gasteiger partial charge on any atom is 0.151 e. The fourth-order valence-corrected chi connectivity index (χ4v) is 3.52. The average Bonchev–Trinajstić information content (AvgIpc) is 2.63. The Balaban J connectivity index is 2.00. The van der Waals surface area contributed by atoms with Gasteiger partial charge >= 0.3 is 0 Å². The first-order valence-corrected chi connectivity index (χ1v) is 8.23. The molecule has 1 fully saturated rings. The number of nitrogens with one attached hydrogen (secondary N) is 1. The lowest BCUT2D eigenvalue weighted by Gasteiger charge is -2.22. The van der Waals surface area contributed by atoms with Crippen LogP contribution in [0.25, 0.3) is 0 Å². The summed E-state index contributed by atoms with van der Waals surface area (Å²) in [5, 5.41) is 3.21. The van der Waals surface area contributed by atoms with Gasteiger partial charge in [0.15, 0.2) is 9.84 Å². The minimum absolute atomic E-state index is 0.106. The summed E-state index contributed by atoms with van der Waals surface area (Å²) in [5.74, 6) is 0.581.